The quantitative estimate of drug-likeness (QED) is 0.859. The molecule has 0 aromatic heterocycles. The maximum Gasteiger partial charge on any atom is 0.407 e. The highest BCUT2D eigenvalue weighted by molar-refractivity contribution is 5.66. The van der Waals surface area contributed by atoms with Gasteiger partial charge in [0.05, 0.1) is 5.54 Å². The monoisotopic (exact) mass is 248 g/mol. The Labute approximate surface area is 108 Å². The van der Waals surface area contributed by atoms with Crippen LogP contribution in [-0.4, -0.2) is 41.3 Å². The highest BCUT2D eigenvalue weighted by Crippen LogP contribution is 2.26. The van der Waals surface area contributed by atoms with E-state index < -0.39 is 6.09 Å². The number of nitrogens with one attached hydrogen (secondary N) is 1. The molecule has 1 fully saturated rings. The molecule has 0 bridgehead atoms. The second-order valence-corrected chi connectivity index (χ2v) is 4.85. The second kappa shape index (κ2) is 5.40. The Kier molecular flexibility index (Phi) is 3.87. The van der Waals surface area contributed by atoms with Crippen LogP contribution in [0.1, 0.15) is 18.9 Å². The maximum absolute atomic E-state index is 11.4. The van der Waals surface area contributed by atoms with Crippen LogP contribution in [-0.2, 0) is 6.42 Å². The minimum Gasteiger partial charge on any atom is -0.465 e. The summed E-state index contributed by atoms with van der Waals surface area (Å²) in [5.41, 5.74) is 0.875. The van der Waals surface area contributed by atoms with E-state index in [1.807, 2.05) is 18.2 Å². The van der Waals surface area contributed by atoms with E-state index >= 15 is 0 Å². The van der Waals surface area contributed by atoms with Crippen molar-refractivity contribution in [3.63, 3.8) is 0 Å². The number of hydrogen-bond acceptors (Lipinski definition) is 2. The van der Waals surface area contributed by atoms with Gasteiger partial charge in [0.2, 0.25) is 0 Å². The number of hydrogen-bond donors (Lipinski definition) is 2. The molecule has 1 aliphatic rings. The molecule has 98 valence electrons. The van der Waals surface area contributed by atoms with E-state index in [9.17, 15) is 9.90 Å². The van der Waals surface area contributed by atoms with Crippen LogP contribution in [0.3, 0.4) is 0 Å². The molecular formula is C14H20N2O2. The SMILES string of the molecule is CCC1(Cc2ccccc2)CNCCN1C(=O)O. The van der Waals surface area contributed by atoms with Crippen molar-refractivity contribution in [2.45, 2.75) is 25.3 Å². The number of carboxylic acid groups (broad SMARTS) is 1. The third kappa shape index (κ3) is 2.48. The largest absolute Gasteiger partial charge is 0.465 e. The van der Waals surface area contributed by atoms with Gasteiger partial charge in [0.25, 0.3) is 0 Å². The molecule has 2 N–H and O–H groups in total. The molecule has 1 unspecified atom stereocenters. The lowest BCUT2D eigenvalue weighted by Gasteiger charge is -2.45. The van der Waals surface area contributed by atoms with E-state index in [0.717, 1.165) is 25.9 Å². The summed E-state index contributed by atoms with van der Waals surface area (Å²) in [7, 11) is 0. The van der Waals surface area contributed by atoms with Gasteiger partial charge in [-0.25, -0.2) is 4.79 Å². The Bertz CT molecular complexity index is 408. The molecule has 0 radical (unpaired) electrons. The predicted molar refractivity (Wildman–Crippen MR) is 70.8 cm³/mol. The Morgan fingerprint density at radius 3 is 2.78 bits per heavy atom. The van der Waals surface area contributed by atoms with Gasteiger partial charge in [0.1, 0.15) is 0 Å². The van der Waals surface area contributed by atoms with Gasteiger partial charge in [0, 0.05) is 19.6 Å². The van der Waals surface area contributed by atoms with E-state index in [1.165, 1.54) is 5.56 Å². The standard InChI is InChI=1S/C14H20N2O2/c1-2-14(10-12-6-4-3-5-7-12)11-15-8-9-16(14)13(17)18/h3-7,15H,2,8-11H2,1H3,(H,17,18). The van der Waals surface area contributed by atoms with Crippen molar-refractivity contribution in [1.82, 2.24) is 10.2 Å². The van der Waals surface area contributed by atoms with Gasteiger partial charge in [-0.2, -0.15) is 0 Å². The lowest BCUT2D eigenvalue weighted by atomic mass is 9.85. The Morgan fingerprint density at radius 2 is 2.17 bits per heavy atom. The van der Waals surface area contributed by atoms with Gasteiger partial charge < -0.3 is 10.4 Å². The van der Waals surface area contributed by atoms with Crippen molar-refractivity contribution >= 4 is 6.09 Å². The first kappa shape index (κ1) is 12.9. The minimum absolute atomic E-state index is 0.314. The predicted octanol–water partition coefficient (Wildman–Crippen LogP) is 1.96. The average molecular weight is 248 g/mol. The fraction of sp³-hybridized carbons (Fsp3) is 0.500. The molecule has 0 saturated carbocycles. The molecule has 1 atom stereocenters. The van der Waals surface area contributed by atoms with Crippen molar-refractivity contribution in [3.8, 4) is 0 Å². The number of piperazine rings is 1. The van der Waals surface area contributed by atoms with Crippen LogP contribution >= 0.6 is 0 Å². The first-order chi connectivity index (χ1) is 8.68. The summed E-state index contributed by atoms with van der Waals surface area (Å²) in [6.45, 7) is 4.09. The highest BCUT2D eigenvalue weighted by atomic mass is 16.4. The maximum atomic E-state index is 11.4. The zero-order chi connectivity index (χ0) is 13.0. The molecule has 4 nitrogen and oxygen atoms in total. The highest BCUT2D eigenvalue weighted by Gasteiger charge is 2.40. The molecule has 1 aliphatic heterocycles. The van der Waals surface area contributed by atoms with Gasteiger partial charge in [-0.3, -0.25) is 4.90 Å². The van der Waals surface area contributed by atoms with Gasteiger partial charge in [-0.05, 0) is 18.4 Å². The molecule has 4 heteroatoms. The van der Waals surface area contributed by atoms with Crippen molar-refractivity contribution < 1.29 is 9.90 Å². The molecule has 2 rings (SSSR count). The van der Waals surface area contributed by atoms with Crippen LogP contribution in [0.25, 0.3) is 0 Å². The first-order valence-electron chi connectivity index (χ1n) is 6.43. The summed E-state index contributed by atoms with van der Waals surface area (Å²) in [5.74, 6) is 0. The number of carbonyl (C=O) groups is 1. The summed E-state index contributed by atoms with van der Waals surface area (Å²) >= 11 is 0. The first-order valence-corrected chi connectivity index (χ1v) is 6.43. The molecule has 0 aliphatic carbocycles. The Hall–Kier alpha value is -1.55. The van der Waals surface area contributed by atoms with E-state index in [0.29, 0.717) is 6.54 Å². The van der Waals surface area contributed by atoms with E-state index in [4.69, 9.17) is 0 Å². The van der Waals surface area contributed by atoms with Gasteiger partial charge in [-0.1, -0.05) is 37.3 Å². The van der Waals surface area contributed by atoms with E-state index in [-0.39, 0.29) is 5.54 Å². The number of benzene rings is 1. The van der Waals surface area contributed by atoms with E-state index in [1.54, 1.807) is 4.90 Å². The number of amides is 1. The van der Waals surface area contributed by atoms with Gasteiger partial charge in [-0.15, -0.1) is 0 Å². The fourth-order valence-corrected chi connectivity index (χ4v) is 2.72. The number of nitrogens with zero attached hydrogens (tertiary/aromatic N) is 1. The third-order valence-corrected chi connectivity index (χ3v) is 3.80. The zero-order valence-corrected chi connectivity index (χ0v) is 10.7. The summed E-state index contributed by atoms with van der Waals surface area (Å²) in [6.07, 6.45) is 0.777. The summed E-state index contributed by atoms with van der Waals surface area (Å²) < 4.78 is 0. The summed E-state index contributed by atoms with van der Waals surface area (Å²) in [6, 6.07) is 10.1. The Balaban J connectivity index is 2.24. The van der Waals surface area contributed by atoms with Crippen LogP contribution in [0.15, 0.2) is 30.3 Å². The van der Waals surface area contributed by atoms with Crippen LogP contribution in [0.2, 0.25) is 0 Å². The lowest BCUT2D eigenvalue weighted by molar-refractivity contribution is 0.0536. The molecule has 1 aromatic carbocycles. The molecule has 1 heterocycles. The van der Waals surface area contributed by atoms with Crippen molar-refractivity contribution in [2.24, 2.45) is 0 Å². The molecular weight excluding hydrogens is 228 g/mol. The Morgan fingerprint density at radius 1 is 1.44 bits per heavy atom. The molecule has 1 saturated heterocycles. The average Bonchev–Trinajstić information content (AvgIpc) is 2.40. The smallest absolute Gasteiger partial charge is 0.407 e. The fourth-order valence-electron chi connectivity index (χ4n) is 2.72. The van der Waals surface area contributed by atoms with Crippen molar-refractivity contribution in [2.75, 3.05) is 19.6 Å². The van der Waals surface area contributed by atoms with Crippen LogP contribution in [0.5, 0.6) is 0 Å². The van der Waals surface area contributed by atoms with Gasteiger partial charge >= 0.3 is 6.09 Å². The van der Waals surface area contributed by atoms with Crippen molar-refractivity contribution in [1.29, 1.82) is 0 Å². The van der Waals surface area contributed by atoms with E-state index in [2.05, 4.69) is 24.4 Å². The summed E-state index contributed by atoms with van der Waals surface area (Å²) in [5, 5.41) is 12.7. The normalized spacial score (nSPS) is 23.9. The topological polar surface area (TPSA) is 52.6 Å². The van der Waals surface area contributed by atoms with Crippen molar-refractivity contribution in [3.05, 3.63) is 35.9 Å². The van der Waals surface area contributed by atoms with Crippen LogP contribution in [0, 0.1) is 0 Å². The number of rotatable bonds is 3. The van der Waals surface area contributed by atoms with Gasteiger partial charge in [0.15, 0.2) is 0 Å². The summed E-state index contributed by atoms with van der Waals surface area (Å²) in [4.78, 5) is 13.0. The molecule has 0 spiro atoms. The van der Waals surface area contributed by atoms with Crippen LogP contribution in [0.4, 0.5) is 4.79 Å². The third-order valence-electron chi connectivity index (χ3n) is 3.80. The van der Waals surface area contributed by atoms with Crippen LogP contribution < -0.4 is 5.32 Å². The molecule has 1 aromatic rings. The second-order valence-electron chi connectivity index (χ2n) is 4.85. The molecule has 18 heavy (non-hydrogen) atoms. The lowest BCUT2D eigenvalue weighted by Crippen LogP contribution is -2.63. The molecule has 1 amide bonds. The minimum atomic E-state index is -0.811. The zero-order valence-electron chi connectivity index (χ0n) is 10.7.